The van der Waals surface area contributed by atoms with Gasteiger partial charge in [0.1, 0.15) is 0 Å². The Balaban J connectivity index is 2.26. The molecule has 0 aromatic carbocycles. The molecule has 18 heavy (non-hydrogen) atoms. The lowest BCUT2D eigenvalue weighted by atomic mass is 10.1. The van der Waals surface area contributed by atoms with Crippen molar-refractivity contribution in [3.8, 4) is 5.88 Å². The van der Waals surface area contributed by atoms with E-state index in [1.807, 2.05) is 12.1 Å². The van der Waals surface area contributed by atoms with Crippen molar-refractivity contribution in [2.45, 2.75) is 33.1 Å². The van der Waals surface area contributed by atoms with Gasteiger partial charge in [0, 0.05) is 25.2 Å². The maximum absolute atomic E-state index is 11.5. The highest BCUT2D eigenvalue weighted by molar-refractivity contribution is 5.75. The first kappa shape index (κ1) is 14.5. The minimum Gasteiger partial charge on any atom is -0.481 e. The number of hydrogen-bond acceptors (Lipinski definition) is 3. The van der Waals surface area contributed by atoms with Gasteiger partial charge in [-0.3, -0.25) is 4.79 Å². The Bertz CT molecular complexity index is 378. The van der Waals surface area contributed by atoms with E-state index in [-0.39, 0.29) is 5.91 Å². The molecule has 1 N–H and O–H groups in total. The Hall–Kier alpha value is -1.58. The SMILES string of the molecule is COc1cc(CCNC(=O)CCC(C)C)ccn1. The van der Waals surface area contributed by atoms with Gasteiger partial charge in [-0.05, 0) is 30.4 Å². The van der Waals surface area contributed by atoms with Gasteiger partial charge in [-0.2, -0.15) is 0 Å². The molecule has 100 valence electrons. The standard InChI is InChI=1S/C14H22N2O2/c1-11(2)4-5-13(17)15-8-6-12-7-9-16-14(10-12)18-3/h7,9-11H,4-6,8H2,1-3H3,(H,15,17). The van der Waals surface area contributed by atoms with Crippen LogP contribution < -0.4 is 10.1 Å². The van der Waals surface area contributed by atoms with Gasteiger partial charge in [0.05, 0.1) is 7.11 Å². The first-order chi connectivity index (χ1) is 8.61. The van der Waals surface area contributed by atoms with Gasteiger partial charge in [-0.1, -0.05) is 13.8 Å². The van der Waals surface area contributed by atoms with Crippen molar-refractivity contribution in [1.82, 2.24) is 10.3 Å². The fourth-order valence-electron chi connectivity index (χ4n) is 1.57. The van der Waals surface area contributed by atoms with Gasteiger partial charge >= 0.3 is 0 Å². The van der Waals surface area contributed by atoms with E-state index in [4.69, 9.17) is 4.74 Å². The van der Waals surface area contributed by atoms with Gasteiger partial charge < -0.3 is 10.1 Å². The molecule has 4 nitrogen and oxygen atoms in total. The van der Waals surface area contributed by atoms with Crippen LogP contribution in [0, 0.1) is 5.92 Å². The summed E-state index contributed by atoms with van der Waals surface area (Å²) < 4.78 is 5.05. The van der Waals surface area contributed by atoms with Crippen molar-refractivity contribution in [3.05, 3.63) is 23.9 Å². The zero-order valence-electron chi connectivity index (χ0n) is 11.4. The summed E-state index contributed by atoms with van der Waals surface area (Å²) in [6.07, 6.45) is 4.06. The number of carbonyl (C=O) groups excluding carboxylic acids is 1. The molecule has 0 fully saturated rings. The monoisotopic (exact) mass is 250 g/mol. The fraction of sp³-hybridized carbons (Fsp3) is 0.571. The molecule has 1 amide bonds. The van der Waals surface area contributed by atoms with Crippen molar-refractivity contribution in [2.75, 3.05) is 13.7 Å². The molecule has 0 radical (unpaired) electrons. The minimum absolute atomic E-state index is 0.129. The summed E-state index contributed by atoms with van der Waals surface area (Å²) in [4.78, 5) is 15.6. The minimum atomic E-state index is 0.129. The summed E-state index contributed by atoms with van der Waals surface area (Å²) in [5, 5.41) is 2.92. The van der Waals surface area contributed by atoms with Crippen LogP contribution in [0.1, 0.15) is 32.3 Å². The van der Waals surface area contributed by atoms with Crippen molar-refractivity contribution < 1.29 is 9.53 Å². The van der Waals surface area contributed by atoms with Gasteiger partial charge in [0.25, 0.3) is 0 Å². The third-order valence-corrected chi connectivity index (χ3v) is 2.69. The van der Waals surface area contributed by atoms with Crippen LogP contribution in [0.3, 0.4) is 0 Å². The Labute approximate surface area is 109 Å². The molecule has 0 spiro atoms. The lowest BCUT2D eigenvalue weighted by molar-refractivity contribution is -0.121. The summed E-state index contributed by atoms with van der Waals surface area (Å²) in [5.41, 5.74) is 1.12. The molecule has 4 heteroatoms. The number of carbonyl (C=O) groups is 1. The highest BCUT2D eigenvalue weighted by Crippen LogP contribution is 2.08. The number of nitrogens with one attached hydrogen (secondary N) is 1. The van der Waals surface area contributed by atoms with Crippen molar-refractivity contribution >= 4 is 5.91 Å². The second kappa shape index (κ2) is 7.69. The number of pyridine rings is 1. The van der Waals surface area contributed by atoms with Crippen LogP contribution in [-0.2, 0) is 11.2 Å². The van der Waals surface area contributed by atoms with Crippen LogP contribution in [-0.4, -0.2) is 24.5 Å². The number of amides is 1. The summed E-state index contributed by atoms with van der Waals surface area (Å²) in [6, 6.07) is 3.82. The average Bonchev–Trinajstić information content (AvgIpc) is 2.36. The Morgan fingerprint density at radius 1 is 1.50 bits per heavy atom. The largest absolute Gasteiger partial charge is 0.481 e. The van der Waals surface area contributed by atoms with Crippen LogP contribution in [0.2, 0.25) is 0 Å². The summed E-state index contributed by atoms with van der Waals surface area (Å²) in [5.74, 6) is 1.31. The summed E-state index contributed by atoms with van der Waals surface area (Å²) in [7, 11) is 1.60. The van der Waals surface area contributed by atoms with Crippen LogP contribution in [0.4, 0.5) is 0 Å². The van der Waals surface area contributed by atoms with E-state index in [2.05, 4.69) is 24.1 Å². The lowest BCUT2D eigenvalue weighted by Crippen LogP contribution is -2.25. The van der Waals surface area contributed by atoms with E-state index in [1.54, 1.807) is 13.3 Å². The smallest absolute Gasteiger partial charge is 0.220 e. The molecule has 0 bridgehead atoms. The van der Waals surface area contributed by atoms with E-state index in [0.29, 0.717) is 24.8 Å². The van der Waals surface area contributed by atoms with Crippen LogP contribution >= 0.6 is 0 Å². The Morgan fingerprint density at radius 2 is 2.28 bits per heavy atom. The van der Waals surface area contributed by atoms with E-state index >= 15 is 0 Å². The van der Waals surface area contributed by atoms with Crippen LogP contribution in [0.25, 0.3) is 0 Å². The average molecular weight is 250 g/mol. The molecule has 1 aromatic rings. The number of hydrogen-bond donors (Lipinski definition) is 1. The fourth-order valence-corrected chi connectivity index (χ4v) is 1.57. The second-order valence-electron chi connectivity index (χ2n) is 4.74. The first-order valence-corrected chi connectivity index (χ1v) is 6.37. The molecule has 0 saturated carbocycles. The molecular weight excluding hydrogens is 228 g/mol. The zero-order valence-corrected chi connectivity index (χ0v) is 11.4. The molecule has 0 saturated heterocycles. The maximum atomic E-state index is 11.5. The van der Waals surface area contributed by atoms with Crippen molar-refractivity contribution in [3.63, 3.8) is 0 Å². The third-order valence-electron chi connectivity index (χ3n) is 2.69. The molecular formula is C14H22N2O2. The summed E-state index contributed by atoms with van der Waals surface area (Å²) >= 11 is 0. The highest BCUT2D eigenvalue weighted by Gasteiger charge is 2.03. The second-order valence-corrected chi connectivity index (χ2v) is 4.74. The molecule has 0 aliphatic rings. The summed E-state index contributed by atoms with van der Waals surface area (Å²) in [6.45, 7) is 4.90. The zero-order chi connectivity index (χ0) is 13.4. The molecule has 0 aliphatic heterocycles. The third kappa shape index (κ3) is 5.66. The van der Waals surface area contributed by atoms with Gasteiger partial charge in [-0.25, -0.2) is 4.98 Å². The number of aromatic nitrogens is 1. The van der Waals surface area contributed by atoms with Crippen LogP contribution in [0.5, 0.6) is 5.88 Å². The number of ether oxygens (including phenoxy) is 1. The molecule has 0 unspecified atom stereocenters. The Morgan fingerprint density at radius 3 is 2.94 bits per heavy atom. The van der Waals surface area contributed by atoms with Crippen molar-refractivity contribution in [2.24, 2.45) is 5.92 Å². The maximum Gasteiger partial charge on any atom is 0.220 e. The predicted octanol–water partition coefficient (Wildman–Crippen LogP) is 2.19. The van der Waals surface area contributed by atoms with E-state index in [0.717, 1.165) is 18.4 Å². The van der Waals surface area contributed by atoms with Crippen LogP contribution in [0.15, 0.2) is 18.3 Å². The first-order valence-electron chi connectivity index (χ1n) is 6.37. The number of rotatable bonds is 7. The molecule has 0 atom stereocenters. The van der Waals surface area contributed by atoms with Crippen molar-refractivity contribution in [1.29, 1.82) is 0 Å². The number of nitrogens with zero attached hydrogens (tertiary/aromatic N) is 1. The van der Waals surface area contributed by atoms with Gasteiger partial charge in [-0.15, -0.1) is 0 Å². The Kier molecular flexibility index (Phi) is 6.19. The molecule has 1 rings (SSSR count). The quantitative estimate of drug-likeness (QED) is 0.807. The lowest BCUT2D eigenvalue weighted by Gasteiger charge is -2.07. The topological polar surface area (TPSA) is 51.2 Å². The van der Waals surface area contributed by atoms with E-state index in [9.17, 15) is 4.79 Å². The van der Waals surface area contributed by atoms with Gasteiger partial charge in [0.15, 0.2) is 0 Å². The van der Waals surface area contributed by atoms with E-state index < -0.39 is 0 Å². The number of methoxy groups -OCH3 is 1. The molecule has 1 aromatic heterocycles. The normalized spacial score (nSPS) is 10.4. The molecule has 0 aliphatic carbocycles. The van der Waals surface area contributed by atoms with E-state index in [1.165, 1.54) is 0 Å². The van der Waals surface area contributed by atoms with Gasteiger partial charge in [0.2, 0.25) is 11.8 Å². The predicted molar refractivity (Wildman–Crippen MR) is 71.6 cm³/mol. The molecule has 1 heterocycles. The highest BCUT2D eigenvalue weighted by atomic mass is 16.5.